The molecule has 0 fully saturated rings. The minimum Gasteiger partial charge on any atom is -0.481 e. The van der Waals surface area contributed by atoms with Crippen LogP contribution in [0, 0.1) is 18.3 Å². The SMILES string of the molecule is COc1c(C(C#N)Nc2ccc(Cl)c(Br)c2)c(C)nn1C. The highest BCUT2D eigenvalue weighted by molar-refractivity contribution is 9.10. The first-order valence-electron chi connectivity index (χ1n) is 6.16. The van der Waals surface area contributed by atoms with Crippen molar-refractivity contribution in [3.05, 3.63) is 39.0 Å². The van der Waals surface area contributed by atoms with Gasteiger partial charge in [-0.3, -0.25) is 0 Å². The predicted octanol–water partition coefficient (Wildman–Crippen LogP) is 3.83. The summed E-state index contributed by atoms with van der Waals surface area (Å²) in [5.74, 6) is 0.569. The van der Waals surface area contributed by atoms with Crippen molar-refractivity contribution in [1.82, 2.24) is 9.78 Å². The summed E-state index contributed by atoms with van der Waals surface area (Å²) < 4.78 is 7.72. The molecule has 0 aliphatic heterocycles. The van der Waals surface area contributed by atoms with Crippen LogP contribution in [0.15, 0.2) is 22.7 Å². The molecule has 0 amide bonds. The minimum atomic E-state index is -0.568. The van der Waals surface area contributed by atoms with Gasteiger partial charge in [-0.25, -0.2) is 4.68 Å². The van der Waals surface area contributed by atoms with Gasteiger partial charge in [-0.2, -0.15) is 10.4 Å². The quantitative estimate of drug-likeness (QED) is 0.889. The van der Waals surface area contributed by atoms with Crippen molar-refractivity contribution in [2.45, 2.75) is 13.0 Å². The fourth-order valence-electron chi connectivity index (χ4n) is 2.15. The lowest BCUT2D eigenvalue weighted by atomic mass is 10.1. The molecule has 0 saturated heterocycles. The number of ether oxygens (including phenoxy) is 1. The molecule has 7 heteroatoms. The Morgan fingerprint density at radius 3 is 2.81 bits per heavy atom. The molecule has 0 radical (unpaired) electrons. The van der Waals surface area contributed by atoms with Crippen molar-refractivity contribution in [2.75, 3.05) is 12.4 Å². The van der Waals surface area contributed by atoms with Crippen LogP contribution in [0.5, 0.6) is 5.88 Å². The number of anilines is 1. The summed E-state index contributed by atoms with van der Waals surface area (Å²) in [5.41, 5.74) is 2.26. The zero-order chi connectivity index (χ0) is 15.6. The van der Waals surface area contributed by atoms with Crippen molar-refractivity contribution >= 4 is 33.2 Å². The Kier molecular flexibility index (Phi) is 4.76. The summed E-state index contributed by atoms with van der Waals surface area (Å²) in [4.78, 5) is 0. The summed E-state index contributed by atoms with van der Waals surface area (Å²) >= 11 is 9.34. The molecule has 0 saturated carbocycles. The van der Waals surface area contributed by atoms with Gasteiger partial charge in [-0.15, -0.1) is 0 Å². The molecule has 1 unspecified atom stereocenters. The predicted molar refractivity (Wildman–Crippen MR) is 85.6 cm³/mol. The standard InChI is InChI=1S/C14H14BrClN4O/c1-8-13(14(21-3)20(2)19-8)12(7-17)18-9-4-5-11(16)10(15)6-9/h4-6,12,18H,1-3H3. The zero-order valence-corrected chi connectivity index (χ0v) is 14.2. The molecule has 0 spiro atoms. The average Bonchev–Trinajstić information content (AvgIpc) is 2.74. The fraction of sp³-hybridized carbons (Fsp3) is 0.286. The Balaban J connectivity index is 2.37. The van der Waals surface area contributed by atoms with Crippen molar-refractivity contribution in [2.24, 2.45) is 7.05 Å². The van der Waals surface area contributed by atoms with E-state index in [1.165, 1.54) is 0 Å². The van der Waals surface area contributed by atoms with Crippen LogP contribution < -0.4 is 10.1 Å². The average molecular weight is 370 g/mol. The molecular weight excluding hydrogens is 356 g/mol. The maximum atomic E-state index is 9.48. The Labute approximate surface area is 136 Å². The number of nitriles is 1. The molecule has 1 aromatic heterocycles. The van der Waals surface area contributed by atoms with E-state index >= 15 is 0 Å². The van der Waals surface area contributed by atoms with Gasteiger partial charge >= 0.3 is 0 Å². The number of hydrogen-bond acceptors (Lipinski definition) is 4. The number of aryl methyl sites for hydroxylation is 2. The topological polar surface area (TPSA) is 62.9 Å². The summed E-state index contributed by atoms with van der Waals surface area (Å²) in [5, 5.41) is 17.5. The van der Waals surface area contributed by atoms with Crippen molar-refractivity contribution in [1.29, 1.82) is 5.26 Å². The molecule has 0 bridgehead atoms. The van der Waals surface area contributed by atoms with Gasteiger partial charge in [0.15, 0.2) is 0 Å². The molecule has 2 aromatic rings. The lowest BCUT2D eigenvalue weighted by Crippen LogP contribution is -2.10. The van der Waals surface area contributed by atoms with E-state index in [0.717, 1.165) is 21.4 Å². The first-order chi connectivity index (χ1) is 9.97. The van der Waals surface area contributed by atoms with E-state index in [1.54, 1.807) is 24.9 Å². The smallest absolute Gasteiger partial charge is 0.218 e. The van der Waals surface area contributed by atoms with E-state index in [9.17, 15) is 5.26 Å². The summed E-state index contributed by atoms with van der Waals surface area (Å²) in [6, 6.07) is 7.07. The number of halogens is 2. The normalized spacial score (nSPS) is 11.8. The third kappa shape index (κ3) is 3.14. The Bertz CT molecular complexity index is 708. The molecule has 1 aromatic carbocycles. The molecule has 110 valence electrons. The molecule has 0 aliphatic rings. The molecule has 5 nitrogen and oxygen atoms in total. The maximum absolute atomic E-state index is 9.48. The van der Waals surface area contributed by atoms with Crippen LogP contribution in [-0.2, 0) is 7.05 Å². The van der Waals surface area contributed by atoms with E-state index in [2.05, 4.69) is 32.4 Å². The van der Waals surface area contributed by atoms with Crippen molar-refractivity contribution in [3.8, 4) is 11.9 Å². The van der Waals surface area contributed by atoms with E-state index in [0.29, 0.717) is 10.9 Å². The van der Waals surface area contributed by atoms with Crippen molar-refractivity contribution in [3.63, 3.8) is 0 Å². The number of methoxy groups -OCH3 is 1. The molecule has 0 aliphatic carbocycles. The van der Waals surface area contributed by atoms with Gasteiger partial charge in [0.2, 0.25) is 5.88 Å². The van der Waals surface area contributed by atoms with Gasteiger partial charge < -0.3 is 10.1 Å². The third-order valence-electron chi connectivity index (χ3n) is 3.06. The largest absolute Gasteiger partial charge is 0.481 e. The molecule has 1 atom stereocenters. The van der Waals surface area contributed by atoms with E-state index in [1.807, 2.05) is 19.1 Å². The number of benzene rings is 1. The highest BCUT2D eigenvalue weighted by atomic mass is 79.9. The van der Waals surface area contributed by atoms with Gasteiger partial charge in [0.05, 0.1) is 29.5 Å². The van der Waals surface area contributed by atoms with Gasteiger partial charge in [0.1, 0.15) is 6.04 Å². The highest BCUT2D eigenvalue weighted by Crippen LogP contribution is 2.32. The van der Waals surface area contributed by atoms with Crippen molar-refractivity contribution < 1.29 is 4.74 Å². The first kappa shape index (κ1) is 15.7. The third-order valence-corrected chi connectivity index (χ3v) is 4.27. The molecule has 1 heterocycles. The second-order valence-electron chi connectivity index (χ2n) is 4.47. The fourth-order valence-corrected chi connectivity index (χ4v) is 2.65. The van der Waals surface area contributed by atoms with Crippen LogP contribution in [0.2, 0.25) is 5.02 Å². The number of hydrogen-bond donors (Lipinski definition) is 1. The first-order valence-corrected chi connectivity index (χ1v) is 7.33. The van der Waals surface area contributed by atoms with Gasteiger partial charge in [0, 0.05) is 17.2 Å². The van der Waals surface area contributed by atoms with Crippen LogP contribution in [0.1, 0.15) is 17.3 Å². The monoisotopic (exact) mass is 368 g/mol. The van der Waals surface area contributed by atoms with Crippen LogP contribution >= 0.6 is 27.5 Å². The van der Waals surface area contributed by atoms with E-state index in [-0.39, 0.29) is 0 Å². The van der Waals surface area contributed by atoms with Crippen LogP contribution in [0.3, 0.4) is 0 Å². The number of aromatic nitrogens is 2. The molecule has 21 heavy (non-hydrogen) atoms. The second-order valence-corrected chi connectivity index (χ2v) is 5.73. The highest BCUT2D eigenvalue weighted by Gasteiger charge is 2.23. The summed E-state index contributed by atoms with van der Waals surface area (Å²) in [6.45, 7) is 1.85. The minimum absolute atomic E-state index is 0.568. The summed E-state index contributed by atoms with van der Waals surface area (Å²) in [7, 11) is 3.34. The second kappa shape index (κ2) is 6.37. The van der Waals surface area contributed by atoms with E-state index in [4.69, 9.17) is 16.3 Å². The van der Waals surface area contributed by atoms with Gasteiger partial charge in [-0.1, -0.05) is 11.6 Å². The van der Waals surface area contributed by atoms with Crippen LogP contribution in [-0.4, -0.2) is 16.9 Å². The lowest BCUT2D eigenvalue weighted by molar-refractivity contribution is 0.369. The summed E-state index contributed by atoms with van der Waals surface area (Å²) in [6.07, 6.45) is 0. The van der Waals surface area contributed by atoms with Gasteiger partial charge in [-0.05, 0) is 41.1 Å². The number of nitrogens with zero attached hydrogens (tertiary/aromatic N) is 3. The molecular formula is C14H14BrClN4O. The van der Waals surface area contributed by atoms with Crippen LogP contribution in [0.25, 0.3) is 0 Å². The van der Waals surface area contributed by atoms with E-state index < -0.39 is 6.04 Å². The van der Waals surface area contributed by atoms with Gasteiger partial charge in [0.25, 0.3) is 0 Å². The Hall–Kier alpha value is -1.71. The zero-order valence-electron chi connectivity index (χ0n) is 11.8. The Morgan fingerprint density at radius 1 is 1.52 bits per heavy atom. The molecule has 2 rings (SSSR count). The lowest BCUT2D eigenvalue weighted by Gasteiger charge is -2.14. The van der Waals surface area contributed by atoms with Crippen LogP contribution in [0.4, 0.5) is 5.69 Å². The molecule has 1 N–H and O–H groups in total. The maximum Gasteiger partial charge on any atom is 0.218 e. The number of rotatable bonds is 4. The number of nitrogens with one attached hydrogen (secondary N) is 1. The Morgan fingerprint density at radius 2 is 2.24 bits per heavy atom.